The first-order valence-corrected chi connectivity index (χ1v) is 5.73. The molecule has 0 fully saturated rings. The minimum Gasteiger partial charge on any atom is -0.303 e. The Kier molecular flexibility index (Phi) is 2.03. The number of nitrogens with zero attached hydrogens (tertiary/aromatic N) is 1. The molecule has 0 amide bonds. The molecule has 2 nitrogen and oxygen atoms in total. The Morgan fingerprint density at radius 3 is 2.88 bits per heavy atom. The van der Waals surface area contributed by atoms with E-state index in [-0.39, 0.29) is 0 Å². The number of para-hydroxylation sites is 1. The summed E-state index contributed by atoms with van der Waals surface area (Å²) in [7, 11) is 0. The zero-order valence-corrected chi connectivity index (χ0v) is 9.38. The summed E-state index contributed by atoms with van der Waals surface area (Å²) in [6.07, 6.45) is 3.03. The van der Waals surface area contributed by atoms with Crippen LogP contribution in [0.2, 0.25) is 0 Å². The molecule has 1 aromatic carbocycles. The molecule has 3 rings (SSSR count). The maximum Gasteiger partial charge on any atom is 0.0879 e. The van der Waals surface area contributed by atoms with Crippen molar-refractivity contribution in [2.24, 2.45) is 0 Å². The molecule has 2 aromatic rings. The van der Waals surface area contributed by atoms with E-state index in [4.69, 9.17) is 5.41 Å². The predicted molar refractivity (Wildman–Crippen MR) is 66.2 cm³/mol. The van der Waals surface area contributed by atoms with Gasteiger partial charge in [0.15, 0.2) is 0 Å². The van der Waals surface area contributed by atoms with E-state index in [2.05, 4.69) is 24.0 Å². The molecule has 1 aliphatic carbocycles. The van der Waals surface area contributed by atoms with E-state index in [1.54, 1.807) is 0 Å². The van der Waals surface area contributed by atoms with Gasteiger partial charge in [-0.25, -0.2) is 4.98 Å². The van der Waals surface area contributed by atoms with E-state index in [9.17, 15) is 0 Å². The average Bonchev–Trinajstić information content (AvgIpc) is 2.31. The monoisotopic (exact) mass is 210 g/mol. The van der Waals surface area contributed by atoms with Crippen molar-refractivity contribution in [2.75, 3.05) is 0 Å². The first kappa shape index (κ1) is 9.52. The Morgan fingerprint density at radius 1 is 1.19 bits per heavy atom. The average molecular weight is 210 g/mol. The standard InChI is InChI=1S/C14H14N2/c1-9-10-5-2-3-8-13(10)16-14-11(9)6-4-7-12(14)15/h2-3,5,8,15H,4,6-7H2,1H3. The minimum absolute atomic E-state index is 0.704. The molecule has 0 radical (unpaired) electrons. The van der Waals surface area contributed by atoms with Gasteiger partial charge >= 0.3 is 0 Å². The van der Waals surface area contributed by atoms with E-state index in [0.29, 0.717) is 5.71 Å². The molecular weight excluding hydrogens is 196 g/mol. The lowest BCUT2D eigenvalue weighted by atomic mass is 9.89. The molecule has 16 heavy (non-hydrogen) atoms. The Bertz CT molecular complexity index is 585. The van der Waals surface area contributed by atoms with Gasteiger partial charge in [-0.2, -0.15) is 0 Å². The SMILES string of the molecule is Cc1c2c(nc3ccccc13)C(=N)CCC2. The van der Waals surface area contributed by atoms with Crippen molar-refractivity contribution in [1.29, 1.82) is 5.41 Å². The third-order valence-corrected chi connectivity index (χ3v) is 3.42. The molecular formula is C14H14N2. The third kappa shape index (κ3) is 1.26. The fraction of sp³-hybridized carbons (Fsp3) is 0.286. The van der Waals surface area contributed by atoms with Gasteiger partial charge in [0, 0.05) is 5.39 Å². The highest BCUT2D eigenvalue weighted by Gasteiger charge is 2.19. The second-order valence-corrected chi connectivity index (χ2v) is 4.41. The second-order valence-electron chi connectivity index (χ2n) is 4.41. The zero-order chi connectivity index (χ0) is 11.1. The fourth-order valence-corrected chi connectivity index (χ4v) is 2.53. The Balaban J connectivity index is 2.40. The van der Waals surface area contributed by atoms with Gasteiger partial charge in [0.25, 0.3) is 0 Å². The van der Waals surface area contributed by atoms with Crippen LogP contribution in [-0.4, -0.2) is 10.7 Å². The van der Waals surface area contributed by atoms with Crippen molar-refractivity contribution in [1.82, 2.24) is 4.98 Å². The van der Waals surface area contributed by atoms with Crippen LogP contribution in [0.3, 0.4) is 0 Å². The lowest BCUT2D eigenvalue weighted by molar-refractivity contribution is 0.820. The number of fused-ring (bicyclic) bond motifs is 2. The van der Waals surface area contributed by atoms with Gasteiger partial charge in [0.05, 0.1) is 16.9 Å². The summed E-state index contributed by atoms with van der Waals surface area (Å²) in [5.74, 6) is 0. The van der Waals surface area contributed by atoms with Crippen LogP contribution in [0.4, 0.5) is 0 Å². The smallest absolute Gasteiger partial charge is 0.0879 e. The quantitative estimate of drug-likeness (QED) is 0.712. The molecule has 1 aliphatic rings. The van der Waals surface area contributed by atoms with Crippen molar-refractivity contribution < 1.29 is 0 Å². The number of benzene rings is 1. The highest BCUT2D eigenvalue weighted by atomic mass is 14.7. The molecule has 0 saturated heterocycles. The Hall–Kier alpha value is -1.70. The fourth-order valence-electron chi connectivity index (χ4n) is 2.53. The van der Waals surface area contributed by atoms with Gasteiger partial charge in [-0.15, -0.1) is 0 Å². The number of hydrogen-bond acceptors (Lipinski definition) is 2. The maximum atomic E-state index is 7.98. The van der Waals surface area contributed by atoms with Crippen LogP contribution in [0.25, 0.3) is 10.9 Å². The lowest BCUT2D eigenvalue weighted by Gasteiger charge is -2.19. The summed E-state index contributed by atoms with van der Waals surface area (Å²) in [5, 5.41) is 9.21. The normalized spacial score (nSPS) is 15.2. The molecule has 0 aliphatic heterocycles. The minimum atomic E-state index is 0.704. The van der Waals surface area contributed by atoms with Gasteiger partial charge in [0.2, 0.25) is 0 Å². The summed E-state index contributed by atoms with van der Waals surface area (Å²) >= 11 is 0. The van der Waals surface area contributed by atoms with Gasteiger partial charge < -0.3 is 5.41 Å². The van der Waals surface area contributed by atoms with Crippen LogP contribution in [0.5, 0.6) is 0 Å². The van der Waals surface area contributed by atoms with Crippen LogP contribution in [-0.2, 0) is 6.42 Å². The number of nitrogens with one attached hydrogen (secondary N) is 1. The highest BCUT2D eigenvalue weighted by molar-refractivity contribution is 6.01. The first-order valence-electron chi connectivity index (χ1n) is 5.73. The van der Waals surface area contributed by atoms with Gasteiger partial charge in [-0.3, -0.25) is 0 Å². The second kappa shape index (κ2) is 3.41. The topological polar surface area (TPSA) is 36.7 Å². The van der Waals surface area contributed by atoms with E-state index in [0.717, 1.165) is 30.5 Å². The summed E-state index contributed by atoms with van der Waals surface area (Å²) in [4.78, 5) is 4.63. The lowest BCUT2D eigenvalue weighted by Crippen LogP contribution is -2.14. The number of aryl methyl sites for hydroxylation is 1. The summed E-state index contributed by atoms with van der Waals surface area (Å²) in [5.41, 5.74) is 5.25. The molecule has 0 atom stereocenters. The number of pyridine rings is 1. The number of rotatable bonds is 0. The van der Waals surface area contributed by atoms with Crippen molar-refractivity contribution in [3.8, 4) is 0 Å². The summed E-state index contributed by atoms with van der Waals surface area (Å²) < 4.78 is 0. The van der Waals surface area contributed by atoms with E-state index in [1.807, 2.05) is 12.1 Å². The van der Waals surface area contributed by atoms with Crippen LogP contribution in [0.1, 0.15) is 29.7 Å². The van der Waals surface area contributed by atoms with Crippen LogP contribution in [0, 0.1) is 12.3 Å². The van der Waals surface area contributed by atoms with Crippen molar-refractivity contribution in [3.05, 3.63) is 41.1 Å². The van der Waals surface area contributed by atoms with Gasteiger partial charge in [-0.1, -0.05) is 18.2 Å². The van der Waals surface area contributed by atoms with Crippen molar-refractivity contribution in [3.63, 3.8) is 0 Å². The van der Waals surface area contributed by atoms with Gasteiger partial charge in [-0.05, 0) is 43.4 Å². The molecule has 2 heteroatoms. The van der Waals surface area contributed by atoms with E-state index >= 15 is 0 Å². The van der Waals surface area contributed by atoms with Crippen molar-refractivity contribution >= 4 is 16.6 Å². The highest BCUT2D eigenvalue weighted by Crippen LogP contribution is 2.28. The number of hydrogen-bond donors (Lipinski definition) is 1. The summed E-state index contributed by atoms with van der Waals surface area (Å²) in [6, 6.07) is 8.21. The molecule has 1 aromatic heterocycles. The van der Waals surface area contributed by atoms with Crippen LogP contribution >= 0.6 is 0 Å². The van der Waals surface area contributed by atoms with E-state index in [1.165, 1.54) is 16.5 Å². The third-order valence-electron chi connectivity index (χ3n) is 3.42. The maximum absolute atomic E-state index is 7.98. The largest absolute Gasteiger partial charge is 0.303 e. The Morgan fingerprint density at radius 2 is 2.00 bits per heavy atom. The molecule has 80 valence electrons. The summed E-state index contributed by atoms with van der Waals surface area (Å²) in [6.45, 7) is 2.15. The molecule has 1 N–H and O–H groups in total. The molecule has 0 spiro atoms. The molecule has 0 saturated carbocycles. The molecule has 1 heterocycles. The van der Waals surface area contributed by atoms with Gasteiger partial charge in [0.1, 0.15) is 0 Å². The van der Waals surface area contributed by atoms with Crippen LogP contribution in [0.15, 0.2) is 24.3 Å². The van der Waals surface area contributed by atoms with Crippen LogP contribution < -0.4 is 0 Å². The molecule has 0 unspecified atom stereocenters. The molecule has 0 bridgehead atoms. The first-order chi connectivity index (χ1) is 7.77. The van der Waals surface area contributed by atoms with Crippen molar-refractivity contribution in [2.45, 2.75) is 26.2 Å². The number of aromatic nitrogens is 1. The predicted octanol–water partition coefficient (Wildman–Crippen LogP) is 3.25. The van der Waals surface area contributed by atoms with E-state index < -0.39 is 0 Å². The zero-order valence-electron chi connectivity index (χ0n) is 9.38. The Labute approximate surface area is 94.8 Å².